The van der Waals surface area contributed by atoms with E-state index in [4.69, 9.17) is 5.73 Å². The first-order valence-corrected chi connectivity index (χ1v) is 8.88. The van der Waals surface area contributed by atoms with Crippen molar-refractivity contribution in [1.82, 2.24) is 14.5 Å². The smallest absolute Gasteiger partial charge is 0.224 e. The highest BCUT2D eigenvalue weighted by molar-refractivity contribution is 5.76. The van der Waals surface area contributed by atoms with Gasteiger partial charge in [0.25, 0.3) is 0 Å². The molecule has 1 aliphatic heterocycles. The predicted octanol–water partition coefficient (Wildman–Crippen LogP) is 1.21. The second-order valence-corrected chi connectivity index (χ2v) is 7.15. The maximum absolute atomic E-state index is 12.5. The largest absolute Gasteiger partial charge is 0.390 e. The molecule has 1 fully saturated rings. The lowest BCUT2D eigenvalue weighted by atomic mass is 9.72. The SMILES string of the molecule is N[C@H]1c2ccccc2C2(CCN(C(=O)CCn3ccnc3)CC2)[C@@H]1O. The zero-order valence-electron chi connectivity index (χ0n) is 14.2. The van der Waals surface area contributed by atoms with E-state index in [0.29, 0.717) is 26.1 Å². The molecule has 2 heterocycles. The number of fused-ring (bicyclic) bond motifs is 2. The van der Waals surface area contributed by atoms with Crippen LogP contribution in [0.15, 0.2) is 43.0 Å². The second-order valence-electron chi connectivity index (χ2n) is 7.15. The minimum atomic E-state index is -0.576. The molecule has 2 aliphatic rings. The van der Waals surface area contributed by atoms with E-state index < -0.39 is 6.10 Å². The Labute approximate surface area is 147 Å². The number of nitrogens with two attached hydrogens (primary N) is 1. The van der Waals surface area contributed by atoms with Gasteiger partial charge in [-0.05, 0) is 24.0 Å². The van der Waals surface area contributed by atoms with Crippen molar-refractivity contribution in [3.05, 3.63) is 54.1 Å². The summed E-state index contributed by atoms with van der Waals surface area (Å²) in [6.07, 6.45) is 6.73. The Morgan fingerprint density at radius 3 is 2.80 bits per heavy atom. The molecule has 1 amide bonds. The third kappa shape index (κ3) is 2.65. The van der Waals surface area contributed by atoms with Crippen LogP contribution in [0.1, 0.15) is 36.4 Å². The van der Waals surface area contributed by atoms with Gasteiger partial charge in [0, 0.05) is 43.9 Å². The van der Waals surface area contributed by atoms with Crippen molar-refractivity contribution in [3.63, 3.8) is 0 Å². The molecule has 132 valence electrons. The van der Waals surface area contributed by atoms with Gasteiger partial charge in [-0.2, -0.15) is 0 Å². The molecule has 2 aromatic rings. The van der Waals surface area contributed by atoms with Gasteiger partial charge in [0.15, 0.2) is 0 Å². The van der Waals surface area contributed by atoms with Crippen LogP contribution in [0.4, 0.5) is 0 Å². The van der Waals surface area contributed by atoms with Crippen LogP contribution in [0.25, 0.3) is 0 Å². The molecule has 25 heavy (non-hydrogen) atoms. The highest BCUT2D eigenvalue weighted by atomic mass is 16.3. The average molecular weight is 340 g/mol. The standard InChI is InChI=1S/C19H24N4O2/c20-17-14-3-1-2-4-15(14)19(18(17)25)6-10-23(11-7-19)16(24)5-9-22-12-8-21-13-22/h1-4,8,12-13,17-18,25H,5-7,9-11,20H2/t17-,18+/m0/s1. The number of imidazole rings is 1. The molecule has 0 radical (unpaired) electrons. The lowest BCUT2D eigenvalue weighted by Crippen LogP contribution is -2.50. The number of carbonyl (C=O) groups is 1. The van der Waals surface area contributed by atoms with Crippen molar-refractivity contribution in [2.24, 2.45) is 5.73 Å². The van der Waals surface area contributed by atoms with Crippen molar-refractivity contribution < 1.29 is 9.90 Å². The summed E-state index contributed by atoms with van der Waals surface area (Å²) in [5.41, 5.74) is 8.16. The molecule has 0 saturated carbocycles. The van der Waals surface area contributed by atoms with Crippen molar-refractivity contribution >= 4 is 5.91 Å². The number of amides is 1. The molecule has 1 aliphatic carbocycles. The van der Waals surface area contributed by atoms with E-state index in [9.17, 15) is 9.90 Å². The Bertz CT molecular complexity index is 751. The molecule has 2 atom stereocenters. The number of aliphatic hydroxyl groups is 1. The predicted molar refractivity (Wildman–Crippen MR) is 93.7 cm³/mol. The summed E-state index contributed by atoms with van der Waals surface area (Å²) in [6.45, 7) is 1.98. The molecule has 4 rings (SSSR count). The summed E-state index contributed by atoms with van der Waals surface area (Å²) < 4.78 is 1.92. The molecule has 1 aromatic carbocycles. The first kappa shape index (κ1) is 16.3. The van der Waals surface area contributed by atoms with E-state index in [2.05, 4.69) is 11.1 Å². The number of hydrogen-bond donors (Lipinski definition) is 2. The Balaban J connectivity index is 1.43. The van der Waals surface area contributed by atoms with Crippen molar-refractivity contribution in [2.75, 3.05) is 13.1 Å². The van der Waals surface area contributed by atoms with Crippen LogP contribution in [0.3, 0.4) is 0 Å². The van der Waals surface area contributed by atoms with E-state index in [0.717, 1.165) is 18.4 Å². The summed E-state index contributed by atoms with van der Waals surface area (Å²) in [5.74, 6) is 0.161. The summed E-state index contributed by atoms with van der Waals surface area (Å²) in [7, 11) is 0. The van der Waals surface area contributed by atoms with Gasteiger partial charge in [-0.3, -0.25) is 4.79 Å². The van der Waals surface area contributed by atoms with Crippen LogP contribution >= 0.6 is 0 Å². The van der Waals surface area contributed by atoms with Gasteiger partial charge in [0.05, 0.1) is 18.5 Å². The van der Waals surface area contributed by atoms with Gasteiger partial charge in [-0.15, -0.1) is 0 Å². The van der Waals surface area contributed by atoms with Crippen LogP contribution in [0.5, 0.6) is 0 Å². The average Bonchev–Trinajstić information content (AvgIpc) is 3.24. The molecule has 6 heteroatoms. The quantitative estimate of drug-likeness (QED) is 0.879. The highest BCUT2D eigenvalue weighted by Crippen LogP contribution is 2.49. The lowest BCUT2D eigenvalue weighted by Gasteiger charge is -2.42. The second kappa shape index (κ2) is 6.28. The molecule has 6 nitrogen and oxygen atoms in total. The van der Waals surface area contributed by atoms with Crippen LogP contribution < -0.4 is 5.73 Å². The fraction of sp³-hybridized carbons (Fsp3) is 0.474. The van der Waals surface area contributed by atoms with E-state index in [1.807, 2.05) is 33.9 Å². The topological polar surface area (TPSA) is 84.4 Å². The maximum Gasteiger partial charge on any atom is 0.224 e. The maximum atomic E-state index is 12.5. The lowest BCUT2D eigenvalue weighted by molar-refractivity contribution is -0.133. The van der Waals surface area contributed by atoms with Gasteiger partial charge in [0.1, 0.15) is 0 Å². The van der Waals surface area contributed by atoms with Gasteiger partial charge < -0.3 is 20.3 Å². The third-order valence-corrected chi connectivity index (χ3v) is 5.91. The molecule has 0 bridgehead atoms. The number of aliphatic hydroxyl groups excluding tert-OH is 1. The summed E-state index contributed by atoms with van der Waals surface area (Å²) in [5, 5.41) is 10.8. The number of aromatic nitrogens is 2. The molecule has 0 unspecified atom stereocenters. The van der Waals surface area contributed by atoms with Crippen LogP contribution in [0.2, 0.25) is 0 Å². The molecule has 1 aromatic heterocycles. The Morgan fingerprint density at radius 1 is 1.32 bits per heavy atom. The Hall–Kier alpha value is -2.18. The normalized spacial score (nSPS) is 24.5. The first-order chi connectivity index (χ1) is 12.1. The summed E-state index contributed by atoms with van der Waals surface area (Å²) in [4.78, 5) is 18.4. The number of likely N-dealkylation sites (tertiary alicyclic amines) is 1. The summed E-state index contributed by atoms with van der Waals surface area (Å²) in [6, 6.07) is 7.75. The van der Waals surface area contributed by atoms with E-state index in [1.54, 1.807) is 12.5 Å². The van der Waals surface area contributed by atoms with Gasteiger partial charge in [-0.1, -0.05) is 24.3 Å². The minimum Gasteiger partial charge on any atom is -0.390 e. The Morgan fingerprint density at radius 2 is 2.08 bits per heavy atom. The summed E-state index contributed by atoms with van der Waals surface area (Å²) >= 11 is 0. The van der Waals surface area contributed by atoms with Crippen molar-refractivity contribution in [2.45, 2.75) is 43.4 Å². The minimum absolute atomic E-state index is 0.161. The molecule has 3 N–H and O–H groups in total. The van der Waals surface area contributed by atoms with Crippen molar-refractivity contribution in [1.29, 1.82) is 0 Å². The number of aryl methyl sites for hydroxylation is 1. The van der Waals surface area contributed by atoms with Gasteiger partial charge >= 0.3 is 0 Å². The van der Waals surface area contributed by atoms with E-state index in [-0.39, 0.29) is 17.4 Å². The monoisotopic (exact) mass is 340 g/mol. The number of benzene rings is 1. The van der Waals surface area contributed by atoms with Crippen LogP contribution in [-0.2, 0) is 16.8 Å². The zero-order chi connectivity index (χ0) is 17.4. The number of carbonyl (C=O) groups excluding carboxylic acids is 1. The number of rotatable bonds is 3. The van der Waals surface area contributed by atoms with E-state index in [1.165, 1.54) is 5.56 Å². The van der Waals surface area contributed by atoms with Gasteiger partial charge in [0.2, 0.25) is 5.91 Å². The van der Waals surface area contributed by atoms with Gasteiger partial charge in [-0.25, -0.2) is 4.98 Å². The Kier molecular flexibility index (Phi) is 4.09. The van der Waals surface area contributed by atoms with E-state index >= 15 is 0 Å². The van der Waals surface area contributed by atoms with Crippen LogP contribution in [0, 0.1) is 0 Å². The number of piperidine rings is 1. The van der Waals surface area contributed by atoms with Crippen LogP contribution in [-0.4, -0.2) is 44.7 Å². The molecule has 1 saturated heterocycles. The number of hydrogen-bond acceptors (Lipinski definition) is 4. The fourth-order valence-corrected chi connectivity index (χ4v) is 4.44. The first-order valence-electron chi connectivity index (χ1n) is 8.88. The van der Waals surface area contributed by atoms with Crippen molar-refractivity contribution in [3.8, 4) is 0 Å². The molecular formula is C19H24N4O2. The number of nitrogens with zero attached hydrogens (tertiary/aromatic N) is 3. The highest BCUT2D eigenvalue weighted by Gasteiger charge is 2.51. The molecular weight excluding hydrogens is 316 g/mol. The third-order valence-electron chi connectivity index (χ3n) is 5.91. The zero-order valence-corrected chi connectivity index (χ0v) is 14.2. The molecule has 1 spiro atoms. The fourth-order valence-electron chi connectivity index (χ4n) is 4.44.